The van der Waals surface area contributed by atoms with E-state index in [1.54, 1.807) is 12.3 Å². The molecule has 2 atom stereocenters. The summed E-state index contributed by atoms with van der Waals surface area (Å²) >= 11 is 12.5. The van der Waals surface area contributed by atoms with E-state index < -0.39 is 5.92 Å². The Bertz CT molecular complexity index is 1180. The molecule has 8 heteroatoms. The molecule has 2 aliphatic rings. The van der Waals surface area contributed by atoms with Crippen molar-refractivity contribution < 1.29 is 4.79 Å². The standard InChI is InChI=1S/C25H25Cl2N5O/c1-17-23(25(33)31-13-11-30(12-14-31)16-18-5-3-2-4-6-18)24(32-22(29-17)9-10-28-32)19-7-8-20(26)21(27)15-19/h2-10,15,23-24H,11-14,16H2,1H3. The summed E-state index contributed by atoms with van der Waals surface area (Å²) in [6.07, 6.45) is 1.71. The minimum absolute atomic E-state index is 0.0767. The van der Waals surface area contributed by atoms with Crippen LogP contribution in [0.2, 0.25) is 10.0 Å². The fourth-order valence-corrected chi connectivity index (χ4v) is 5.05. The minimum Gasteiger partial charge on any atom is -0.339 e. The molecule has 0 radical (unpaired) electrons. The molecule has 6 nitrogen and oxygen atoms in total. The van der Waals surface area contributed by atoms with Crippen molar-refractivity contribution in [2.75, 3.05) is 26.2 Å². The zero-order chi connectivity index (χ0) is 22.9. The lowest BCUT2D eigenvalue weighted by Crippen LogP contribution is -2.52. The molecule has 1 saturated heterocycles. The number of aromatic nitrogens is 2. The lowest BCUT2D eigenvalue weighted by Gasteiger charge is -2.39. The molecule has 1 amide bonds. The van der Waals surface area contributed by atoms with E-state index in [9.17, 15) is 4.79 Å². The molecule has 0 spiro atoms. The molecule has 1 aromatic heterocycles. The van der Waals surface area contributed by atoms with Gasteiger partial charge in [-0.2, -0.15) is 5.10 Å². The van der Waals surface area contributed by atoms with Crippen LogP contribution in [0.5, 0.6) is 0 Å². The topological polar surface area (TPSA) is 53.7 Å². The van der Waals surface area contributed by atoms with E-state index in [1.165, 1.54) is 5.56 Å². The molecular weight excluding hydrogens is 457 g/mol. The molecule has 0 N–H and O–H groups in total. The molecule has 1 fully saturated rings. The fourth-order valence-electron chi connectivity index (χ4n) is 4.74. The molecule has 0 aliphatic carbocycles. The number of carbonyl (C=O) groups excluding carboxylic acids is 1. The number of piperazine rings is 1. The van der Waals surface area contributed by atoms with Crippen LogP contribution in [0.3, 0.4) is 0 Å². The summed E-state index contributed by atoms with van der Waals surface area (Å²) in [6, 6.07) is 17.5. The average molecular weight is 482 g/mol. The number of fused-ring (bicyclic) bond motifs is 1. The van der Waals surface area contributed by atoms with Crippen molar-refractivity contribution in [1.29, 1.82) is 0 Å². The zero-order valence-electron chi connectivity index (χ0n) is 18.4. The van der Waals surface area contributed by atoms with Gasteiger partial charge in [0.15, 0.2) is 5.82 Å². The average Bonchev–Trinajstić information content (AvgIpc) is 3.29. The first-order valence-corrected chi connectivity index (χ1v) is 11.9. The second kappa shape index (κ2) is 9.29. The first kappa shape index (κ1) is 22.1. The van der Waals surface area contributed by atoms with Crippen LogP contribution in [-0.4, -0.2) is 57.4 Å². The number of rotatable bonds is 4. The Labute approximate surface area is 203 Å². The lowest BCUT2D eigenvalue weighted by atomic mass is 9.87. The van der Waals surface area contributed by atoms with E-state index in [0.29, 0.717) is 23.1 Å². The first-order valence-electron chi connectivity index (χ1n) is 11.1. The highest BCUT2D eigenvalue weighted by Gasteiger charge is 2.40. The van der Waals surface area contributed by atoms with E-state index in [0.717, 1.165) is 36.7 Å². The van der Waals surface area contributed by atoms with Gasteiger partial charge in [0, 0.05) is 44.5 Å². The lowest BCUT2D eigenvalue weighted by molar-refractivity contribution is -0.136. The third-order valence-electron chi connectivity index (χ3n) is 6.45. The highest BCUT2D eigenvalue weighted by atomic mass is 35.5. The Hall–Kier alpha value is -2.67. The summed E-state index contributed by atoms with van der Waals surface area (Å²) in [4.78, 5) is 22.9. The maximum Gasteiger partial charge on any atom is 0.233 e. The van der Waals surface area contributed by atoms with Gasteiger partial charge < -0.3 is 4.90 Å². The number of amides is 1. The highest BCUT2D eigenvalue weighted by Crippen LogP contribution is 2.38. The number of hydrogen-bond acceptors (Lipinski definition) is 4. The molecule has 0 bridgehead atoms. The summed E-state index contributed by atoms with van der Waals surface area (Å²) in [7, 11) is 0. The number of aliphatic imine (C=N–C) groups is 1. The SMILES string of the molecule is CC1=Nc2ccnn2C(c2ccc(Cl)c(Cl)c2)C1C(=O)N1CCN(Cc2ccccc2)CC1. The normalized spacial score (nSPS) is 20.9. The van der Waals surface area contributed by atoms with E-state index >= 15 is 0 Å². The Kier molecular flexibility index (Phi) is 6.23. The summed E-state index contributed by atoms with van der Waals surface area (Å²) in [6.45, 7) is 5.89. The first-order chi connectivity index (χ1) is 16.0. The van der Waals surface area contributed by atoms with Crippen molar-refractivity contribution in [3.05, 3.63) is 82.0 Å². The Morgan fingerprint density at radius 2 is 1.76 bits per heavy atom. The highest BCUT2D eigenvalue weighted by molar-refractivity contribution is 6.42. The maximum absolute atomic E-state index is 13.8. The molecular formula is C25H25Cl2N5O. The van der Waals surface area contributed by atoms with Crippen molar-refractivity contribution in [3.63, 3.8) is 0 Å². The van der Waals surface area contributed by atoms with Crippen LogP contribution in [0, 0.1) is 5.92 Å². The zero-order valence-corrected chi connectivity index (χ0v) is 19.9. The van der Waals surface area contributed by atoms with Crippen LogP contribution in [-0.2, 0) is 11.3 Å². The third kappa shape index (κ3) is 4.43. The quantitative estimate of drug-likeness (QED) is 0.535. The predicted octanol–water partition coefficient (Wildman–Crippen LogP) is 4.85. The van der Waals surface area contributed by atoms with Crippen LogP contribution < -0.4 is 0 Å². The number of hydrogen-bond donors (Lipinski definition) is 0. The van der Waals surface area contributed by atoms with E-state index in [-0.39, 0.29) is 11.9 Å². The molecule has 5 rings (SSSR count). The van der Waals surface area contributed by atoms with Gasteiger partial charge in [0.1, 0.15) is 5.92 Å². The fraction of sp³-hybridized carbons (Fsp3) is 0.320. The van der Waals surface area contributed by atoms with Crippen molar-refractivity contribution in [2.24, 2.45) is 10.9 Å². The van der Waals surface area contributed by atoms with Crippen molar-refractivity contribution in [3.8, 4) is 0 Å². The van der Waals surface area contributed by atoms with E-state index in [1.807, 2.05) is 40.8 Å². The van der Waals surface area contributed by atoms with Gasteiger partial charge in [0.05, 0.1) is 22.3 Å². The molecule has 3 aromatic rings. The second-order valence-corrected chi connectivity index (χ2v) is 9.38. The van der Waals surface area contributed by atoms with Crippen molar-refractivity contribution in [1.82, 2.24) is 19.6 Å². The number of nitrogens with zero attached hydrogens (tertiary/aromatic N) is 5. The molecule has 0 saturated carbocycles. The van der Waals surface area contributed by atoms with Gasteiger partial charge in [0.25, 0.3) is 0 Å². The smallest absolute Gasteiger partial charge is 0.233 e. The van der Waals surface area contributed by atoms with Crippen molar-refractivity contribution >= 4 is 40.6 Å². The van der Waals surface area contributed by atoms with Gasteiger partial charge in [-0.15, -0.1) is 0 Å². The van der Waals surface area contributed by atoms with Gasteiger partial charge in [-0.1, -0.05) is 59.6 Å². The Morgan fingerprint density at radius 3 is 2.48 bits per heavy atom. The molecule has 3 heterocycles. The van der Waals surface area contributed by atoms with E-state index in [4.69, 9.17) is 23.2 Å². The minimum atomic E-state index is -0.449. The van der Waals surface area contributed by atoms with Gasteiger partial charge in [0.2, 0.25) is 5.91 Å². The third-order valence-corrected chi connectivity index (χ3v) is 7.19. The number of benzene rings is 2. The Balaban J connectivity index is 1.37. The number of halogens is 2. The maximum atomic E-state index is 13.8. The van der Waals surface area contributed by atoms with Crippen LogP contribution in [0.4, 0.5) is 5.82 Å². The molecule has 2 unspecified atom stereocenters. The van der Waals surface area contributed by atoms with Crippen LogP contribution in [0.1, 0.15) is 24.1 Å². The Morgan fingerprint density at radius 1 is 1.00 bits per heavy atom. The van der Waals surface area contributed by atoms with Crippen molar-refractivity contribution in [2.45, 2.75) is 19.5 Å². The van der Waals surface area contributed by atoms with Crippen LogP contribution in [0.25, 0.3) is 0 Å². The predicted molar refractivity (Wildman–Crippen MR) is 131 cm³/mol. The largest absolute Gasteiger partial charge is 0.339 e. The van der Waals surface area contributed by atoms with E-state index in [2.05, 4.69) is 39.3 Å². The molecule has 2 aromatic carbocycles. The van der Waals surface area contributed by atoms with Crippen LogP contribution >= 0.6 is 23.2 Å². The van der Waals surface area contributed by atoms with Gasteiger partial charge in [-0.25, -0.2) is 9.67 Å². The summed E-state index contributed by atoms with van der Waals surface area (Å²) in [5.74, 6) is 0.364. The summed E-state index contributed by atoms with van der Waals surface area (Å²) in [5.41, 5.74) is 2.97. The monoisotopic (exact) mass is 481 g/mol. The second-order valence-electron chi connectivity index (χ2n) is 8.57. The molecule has 33 heavy (non-hydrogen) atoms. The molecule has 170 valence electrons. The van der Waals surface area contributed by atoms with Gasteiger partial charge in [-0.3, -0.25) is 9.69 Å². The summed E-state index contributed by atoms with van der Waals surface area (Å²) in [5, 5.41) is 5.44. The van der Waals surface area contributed by atoms with Gasteiger partial charge in [-0.05, 0) is 30.2 Å². The summed E-state index contributed by atoms with van der Waals surface area (Å²) < 4.78 is 1.82. The van der Waals surface area contributed by atoms with Crippen LogP contribution in [0.15, 0.2) is 65.8 Å². The number of carbonyl (C=O) groups is 1. The molecule has 2 aliphatic heterocycles. The van der Waals surface area contributed by atoms with Gasteiger partial charge >= 0.3 is 0 Å².